The lowest BCUT2D eigenvalue weighted by atomic mass is 10.0. The van der Waals surface area contributed by atoms with Crippen LogP contribution in [0.3, 0.4) is 0 Å². The lowest BCUT2D eigenvalue weighted by Gasteiger charge is -2.32. The summed E-state index contributed by atoms with van der Waals surface area (Å²) in [5, 5.41) is 12.5. The van der Waals surface area contributed by atoms with Crippen LogP contribution in [-0.4, -0.2) is 39.5 Å². The molecule has 0 amide bonds. The molecule has 1 aliphatic heterocycles. The van der Waals surface area contributed by atoms with Crippen LogP contribution in [0.1, 0.15) is 47.3 Å². The summed E-state index contributed by atoms with van der Waals surface area (Å²) in [6.07, 6.45) is -5.05. The minimum absolute atomic E-state index is 0.0441. The van der Waals surface area contributed by atoms with E-state index in [0.29, 0.717) is 6.20 Å². The Hall–Kier alpha value is -3.41. The highest BCUT2D eigenvalue weighted by molar-refractivity contribution is 6.31. The third-order valence-corrected chi connectivity index (χ3v) is 6.21. The van der Waals surface area contributed by atoms with Gasteiger partial charge in [0.2, 0.25) is 0 Å². The fraction of sp³-hybridized carbons (Fsp3) is 0.348. The molecule has 0 spiro atoms. The van der Waals surface area contributed by atoms with Gasteiger partial charge < -0.3 is 15.3 Å². The lowest BCUT2D eigenvalue weighted by Crippen LogP contribution is -2.40. The summed E-state index contributed by atoms with van der Waals surface area (Å²) < 4.78 is 68.9. The third kappa shape index (κ3) is 5.23. The van der Waals surface area contributed by atoms with Crippen LogP contribution in [0.25, 0.3) is 5.65 Å². The normalized spacial score (nSPS) is 16.7. The molecule has 0 radical (unpaired) electrons. The Morgan fingerprint density at radius 3 is 2.47 bits per heavy atom. The van der Waals surface area contributed by atoms with Crippen molar-refractivity contribution in [1.82, 2.24) is 9.38 Å². The van der Waals surface area contributed by atoms with Gasteiger partial charge in [0.15, 0.2) is 0 Å². The molecule has 7 nitrogen and oxygen atoms in total. The van der Waals surface area contributed by atoms with E-state index in [1.807, 2.05) is 0 Å². The molecule has 4 rings (SSSR count). The smallest absolute Gasteiger partial charge is 0.417 e. The summed E-state index contributed by atoms with van der Waals surface area (Å²) in [6.45, 7) is 1.33. The number of carbonyl (C=O) groups is 1. The number of pyridine rings is 1. The van der Waals surface area contributed by atoms with Crippen molar-refractivity contribution in [1.29, 1.82) is 0 Å². The van der Waals surface area contributed by atoms with Gasteiger partial charge in [-0.05, 0) is 31.2 Å². The summed E-state index contributed by atoms with van der Waals surface area (Å²) in [5.74, 6) is -4.07. The summed E-state index contributed by atoms with van der Waals surface area (Å²) >= 11 is 5.87. The van der Waals surface area contributed by atoms with Crippen molar-refractivity contribution < 1.29 is 31.9 Å². The van der Waals surface area contributed by atoms with Crippen molar-refractivity contribution in [2.24, 2.45) is 0 Å². The van der Waals surface area contributed by atoms with E-state index in [1.54, 1.807) is 0 Å². The van der Waals surface area contributed by atoms with Gasteiger partial charge in [-0.1, -0.05) is 11.6 Å². The molecule has 0 unspecified atom stereocenters. The predicted octanol–water partition coefficient (Wildman–Crippen LogP) is 5.47. The number of aromatic nitrogens is 2. The van der Waals surface area contributed by atoms with Crippen LogP contribution in [0.5, 0.6) is 0 Å². The van der Waals surface area contributed by atoms with Crippen LogP contribution >= 0.6 is 11.6 Å². The molecule has 13 heteroatoms. The number of carboxylic acid groups (broad SMARTS) is 1. The topological polar surface area (TPSA) is 86.9 Å². The van der Waals surface area contributed by atoms with Crippen LogP contribution in [0.15, 0.2) is 41.3 Å². The number of aromatic carboxylic acids is 1. The Kier molecular flexibility index (Phi) is 6.58. The minimum Gasteiger partial charge on any atom is -0.478 e. The number of hydrogen-bond acceptors (Lipinski definition) is 5. The van der Waals surface area contributed by atoms with Crippen molar-refractivity contribution in [3.05, 3.63) is 68.6 Å². The van der Waals surface area contributed by atoms with Crippen molar-refractivity contribution >= 4 is 34.7 Å². The van der Waals surface area contributed by atoms with Gasteiger partial charge in [-0.25, -0.2) is 18.6 Å². The average molecular weight is 531 g/mol. The van der Waals surface area contributed by atoms with Crippen molar-refractivity contribution in [2.75, 3.05) is 23.3 Å². The SMILES string of the molecule is C[C@@H](Nc1ccc(Cl)cc1C(=O)O)c1cc(C(F)(F)F)cn2c(=O)cc(N3CCC(F)(F)CC3)nc12. The summed E-state index contributed by atoms with van der Waals surface area (Å²) in [7, 11) is 0. The van der Waals surface area contributed by atoms with Gasteiger partial charge in [0.05, 0.1) is 17.2 Å². The molecule has 2 N–H and O–H groups in total. The number of fused-ring (bicyclic) bond motifs is 1. The van der Waals surface area contributed by atoms with Gasteiger partial charge >= 0.3 is 12.1 Å². The average Bonchev–Trinajstić information content (AvgIpc) is 2.78. The Balaban J connectivity index is 1.83. The first-order valence-corrected chi connectivity index (χ1v) is 11.2. The van der Waals surface area contributed by atoms with Crippen LogP contribution < -0.4 is 15.8 Å². The van der Waals surface area contributed by atoms with Gasteiger partial charge in [0, 0.05) is 54.5 Å². The molecule has 1 aliphatic rings. The van der Waals surface area contributed by atoms with Crippen LogP contribution in [0.2, 0.25) is 5.02 Å². The van der Waals surface area contributed by atoms with Crippen LogP contribution in [-0.2, 0) is 6.18 Å². The van der Waals surface area contributed by atoms with E-state index in [4.69, 9.17) is 11.6 Å². The van der Waals surface area contributed by atoms with E-state index < -0.39 is 48.1 Å². The number of halogens is 6. The first-order valence-electron chi connectivity index (χ1n) is 10.8. The van der Waals surface area contributed by atoms with Crippen molar-refractivity contribution in [2.45, 2.75) is 37.9 Å². The molecule has 1 aromatic carbocycles. The third-order valence-electron chi connectivity index (χ3n) is 5.97. The standard InChI is InChI=1S/C23H20ClF5N4O3/c1-12(30-17-3-2-14(24)9-16(17)21(35)36)15-8-13(23(27,28)29)11-33-19(34)10-18(31-20(15)33)32-6-4-22(25,26)5-7-32/h2-3,8-12,30H,4-7H2,1H3,(H,35,36)/t12-/m1/s1. The fourth-order valence-electron chi connectivity index (χ4n) is 4.04. The largest absolute Gasteiger partial charge is 0.478 e. The van der Waals surface area contributed by atoms with E-state index in [-0.39, 0.29) is 46.4 Å². The number of benzene rings is 1. The summed E-state index contributed by atoms with van der Waals surface area (Å²) in [6, 6.07) is 4.87. The first-order chi connectivity index (χ1) is 16.7. The molecule has 3 aromatic rings. The van der Waals surface area contributed by atoms with E-state index >= 15 is 0 Å². The van der Waals surface area contributed by atoms with Gasteiger partial charge in [0.25, 0.3) is 11.5 Å². The molecule has 3 heterocycles. The Morgan fingerprint density at radius 2 is 1.86 bits per heavy atom. The molecular formula is C23H20ClF5N4O3. The number of alkyl halides is 5. The van der Waals surface area contributed by atoms with Gasteiger partial charge in [-0.3, -0.25) is 9.20 Å². The Labute approximate surface area is 206 Å². The minimum atomic E-state index is -4.79. The summed E-state index contributed by atoms with van der Waals surface area (Å²) in [4.78, 5) is 30.3. The molecule has 1 fully saturated rings. The fourth-order valence-corrected chi connectivity index (χ4v) is 4.22. The van der Waals surface area contributed by atoms with Gasteiger partial charge in [-0.15, -0.1) is 0 Å². The number of hydrogen-bond donors (Lipinski definition) is 2. The molecule has 36 heavy (non-hydrogen) atoms. The number of anilines is 2. The molecule has 0 aliphatic carbocycles. The quantitative estimate of drug-likeness (QED) is 0.425. The molecule has 0 bridgehead atoms. The highest BCUT2D eigenvalue weighted by atomic mass is 35.5. The van der Waals surface area contributed by atoms with Crippen LogP contribution in [0, 0.1) is 0 Å². The molecule has 2 aromatic heterocycles. The molecule has 192 valence electrons. The van der Waals surface area contributed by atoms with Crippen molar-refractivity contribution in [3.8, 4) is 0 Å². The highest BCUT2D eigenvalue weighted by Crippen LogP contribution is 2.34. The maximum Gasteiger partial charge on any atom is 0.417 e. The van der Waals surface area contributed by atoms with Gasteiger partial charge in [-0.2, -0.15) is 13.2 Å². The van der Waals surface area contributed by atoms with Crippen molar-refractivity contribution in [3.63, 3.8) is 0 Å². The number of rotatable bonds is 5. The maximum atomic E-state index is 13.6. The van der Waals surface area contributed by atoms with E-state index in [1.165, 1.54) is 30.0 Å². The second-order valence-corrected chi connectivity index (χ2v) is 8.97. The summed E-state index contributed by atoms with van der Waals surface area (Å²) in [5.41, 5.74) is -2.20. The maximum absolute atomic E-state index is 13.6. The number of piperidine rings is 1. The zero-order valence-corrected chi connectivity index (χ0v) is 19.5. The second-order valence-electron chi connectivity index (χ2n) is 8.53. The molecular weight excluding hydrogens is 511 g/mol. The van der Waals surface area contributed by atoms with Crippen LogP contribution in [0.4, 0.5) is 33.5 Å². The highest BCUT2D eigenvalue weighted by Gasteiger charge is 2.35. The molecule has 1 atom stereocenters. The Morgan fingerprint density at radius 1 is 1.19 bits per heavy atom. The zero-order chi connectivity index (χ0) is 26.4. The predicted molar refractivity (Wildman–Crippen MR) is 123 cm³/mol. The number of nitrogens with one attached hydrogen (secondary N) is 1. The van der Waals surface area contributed by atoms with E-state index in [0.717, 1.165) is 16.5 Å². The number of nitrogens with zero attached hydrogens (tertiary/aromatic N) is 3. The second kappa shape index (κ2) is 9.23. The zero-order valence-electron chi connectivity index (χ0n) is 18.7. The van der Waals surface area contributed by atoms with Gasteiger partial charge in [0.1, 0.15) is 11.5 Å². The molecule has 0 saturated carbocycles. The lowest BCUT2D eigenvalue weighted by molar-refractivity contribution is -0.137. The molecule has 1 saturated heterocycles. The monoisotopic (exact) mass is 530 g/mol. The van der Waals surface area contributed by atoms with E-state index in [2.05, 4.69) is 10.3 Å². The Bertz CT molecular complexity index is 1380. The van der Waals surface area contributed by atoms with E-state index in [9.17, 15) is 36.6 Å². The number of carboxylic acids is 1. The first kappa shape index (κ1) is 25.7.